The molecular weight excluding hydrogens is 298 g/mol. The van der Waals surface area contributed by atoms with E-state index >= 15 is 0 Å². The summed E-state index contributed by atoms with van der Waals surface area (Å²) < 4.78 is 1.80. The zero-order valence-electron chi connectivity index (χ0n) is 13.0. The molecule has 0 radical (unpaired) electrons. The van der Waals surface area contributed by atoms with Crippen molar-refractivity contribution in [2.24, 2.45) is 7.05 Å². The molecule has 0 aliphatic carbocycles. The molecule has 118 valence electrons. The third-order valence-corrected chi connectivity index (χ3v) is 4.67. The molecule has 2 rings (SSSR count). The van der Waals surface area contributed by atoms with Gasteiger partial charge in [-0.3, -0.25) is 4.79 Å². The highest BCUT2D eigenvalue weighted by Gasteiger charge is 2.19. The van der Waals surface area contributed by atoms with Gasteiger partial charge < -0.3 is 15.0 Å². The molecule has 0 unspecified atom stereocenters. The first-order valence-corrected chi connectivity index (χ1v) is 8.04. The summed E-state index contributed by atoms with van der Waals surface area (Å²) in [6, 6.07) is 9.83. The molecule has 2 aromatic rings. The summed E-state index contributed by atoms with van der Waals surface area (Å²) in [5.74, 6) is -0.0325. The summed E-state index contributed by atoms with van der Waals surface area (Å²) in [6.45, 7) is 3.76. The number of aliphatic hydroxyl groups excluding tert-OH is 1. The number of nitrogens with zero attached hydrogens (tertiary/aromatic N) is 2. The smallest absolute Gasteiger partial charge is 0.233 e. The van der Waals surface area contributed by atoms with E-state index in [-0.39, 0.29) is 23.8 Å². The number of nitrogens with one attached hydrogen (secondary N) is 1. The van der Waals surface area contributed by atoms with E-state index in [1.165, 1.54) is 11.8 Å². The number of benzene rings is 1. The third kappa shape index (κ3) is 3.90. The minimum atomic E-state index is -0.265. The van der Waals surface area contributed by atoms with E-state index < -0.39 is 0 Å². The van der Waals surface area contributed by atoms with Crippen LogP contribution in [0.25, 0.3) is 0 Å². The lowest BCUT2D eigenvalue weighted by Gasteiger charge is -2.17. The van der Waals surface area contributed by atoms with E-state index in [1.807, 2.05) is 51.2 Å². The van der Waals surface area contributed by atoms with E-state index in [4.69, 9.17) is 0 Å². The van der Waals surface area contributed by atoms with E-state index in [0.29, 0.717) is 0 Å². The molecule has 1 aromatic heterocycles. The summed E-state index contributed by atoms with van der Waals surface area (Å²) >= 11 is 1.38. The predicted molar refractivity (Wildman–Crippen MR) is 87.4 cm³/mol. The number of hydrogen-bond donors (Lipinski definition) is 2. The minimum absolute atomic E-state index is 0.0325. The Hall–Kier alpha value is -1.79. The average molecular weight is 319 g/mol. The Morgan fingerprint density at radius 3 is 2.64 bits per heavy atom. The molecule has 0 saturated heterocycles. The molecule has 1 aromatic carbocycles. The maximum absolute atomic E-state index is 12.3. The maximum Gasteiger partial charge on any atom is 0.233 e. The number of imidazole rings is 1. The molecule has 0 spiro atoms. The zero-order chi connectivity index (χ0) is 16.1. The van der Waals surface area contributed by atoms with E-state index in [1.54, 1.807) is 10.8 Å². The van der Waals surface area contributed by atoms with Crippen LogP contribution in [0.3, 0.4) is 0 Å². The molecule has 0 fully saturated rings. The average Bonchev–Trinajstić information content (AvgIpc) is 2.88. The van der Waals surface area contributed by atoms with Crippen molar-refractivity contribution in [3.63, 3.8) is 0 Å². The van der Waals surface area contributed by atoms with Crippen LogP contribution in [0.2, 0.25) is 0 Å². The van der Waals surface area contributed by atoms with E-state index in [2.05, 4.69) is 10.3 Å². The monoisotopic (exact) mass is 319 g/mol. The molecule has 0 aliphatic rings. The van der Waals surface area contributed by atoms with Crippen molar-refractivity contribution in [3.05, 3.63) is 47.8 Å². The molecule has 2 N–H and O–H groups in total. The number of aromatic nitrogens is 2. The lowest BCUT2D eigenvalue weighted by Crippen LogP contribution is -2.33. The first kappa shape index (κ1) is 16.6. The Morgan fingerprint density at radius 1 is 1.36 bits per heavy atom. The Morgan fingerprint density at radius 2 is 2.05 bits per heavy atom. The van der Waals surface area contributed by atoms with Gasteiger partial charge in [-0.25, -0.2) is 4.98 Å². The Balaban J connectivity index is 1.96. The van der Waals surface area contributed by atoms with Crippen molar-refractivity contribution >= 4 is 17.7 Å². The maximum atomic E-state index is 12.3. The van der Waals surface area contributed by atoms with Crippen molar-refractivity contribution in [2.75, 3.05) is 0 Å². The number of carbonyl (C=O) groups is 1. The Kier molecular flexibility index (Phi) is 5.63. The van der Waals surface area contributed by atoms with Crippen LogP contribution in [0.4, 0.5) is 0 Å². The van der Waals surface area contributed by atoms with Crippen LogP contribution < -0.4 is 5.32 Å². The number of amides is 1. The number of thioether (sulfide) groups is 1. The summed E-state index contributed by atoms with van der Waals surface area (Å²) in [5.41, 5.74) is 1.81. The van der Waals surface area contributed by atoms with Gasteiger partial charge in [-0.2, -0.15) is 0 Å². The first-order chi connectivity index (χ1) is 10.5. The fourth-order valence-electron chi connectivity index (χ4n) is 2.05. The molecule has 2 atom stereocenters. The highest BCUT2D eigenvalue weighted by molar-refractivity contribution is 8.00. The van der Waals surface area contributed by atoms with Gasteiger partial charge in [0.2, 0.25) is 5.91 Å². The largest absolute Gasteiger partial charge is 0.390 e. The van der Waals surface area contributed by atoms with Gasteiger partial charge in [0.1, 0.15) is 0 Å². The second-order valence-electron chi connectivity index (χ2n) is 5.15. The Bertz CT molecular complexity index is 628. The normalized spacial score (nSPS) is 13.6. The van der Waals surface area contributed by atoms with Crippen LogP contribution in [-0.2, 0) is 18.4 Å². The number of aliphatic hydroxyl groups is 1. The highest BCUT2D eigenvalue weighted by Crippen LogP contribution is 2.23. The molecule has 0 bridgehead atoms. The number of rotatable bonds is 6. The van der Waals surface area contributed by atoms with Gasteiger partial charge in [0, 0.05) is 7.05 Å². The number of hydrogen-bond acceptors (Lipinski definition) is 4. The third-order valence-electron chi connectivity index (χ3n) is 3.51. The van der Waals surface area contributed by atoms with Crippen LogP contribution in [0.15, 0.2) is 41.7 Å². The van der Waals surface area contributed by atoms with Crippen molar-refractivity contribution in [2.45, 2.75) is 36.9 Å². The summed E-state index contributed by atoms with van der Waals surface area (Å²) in [4.78, 5) is 16.5. The van der Waals surface area contributed by atoms with Crippen LogP contribution in [0.1, 0.15) is 31.1 Å². The SMILES string of the molecule is C[C@H](Sc1ncc(CO)n1C)C(=O)N[C@@H](C)c1ccccc1. The Labute approximate surface area is 134 Å². The van der Waals surface area contributed by atoms with Crippen LogP contribution >= 0.6 is 11.8 Å². The van der Waals surface area contributed by atoms with Crippen molar-refractivity contribution < 1.29 is 9.90 Å². The topological polar surface area (TPSA) is 67.2 Å². The first-order valence-electron chi connectivity index (χ1n) is 7.16. The lowest BCUT2D eigenvalue weighted by molar-refractivity contribution is -0.120. The van der Waals surface area contributed by atoms with Gasteiger partial charge in [-0.1, -0.05) is 42.1 Å². The summed E-state index contributed by atoms with van der Waals surface area (Å²) in [5, 5.41) is 12.6. The van der Waals surface area contributed by atoms with Crippen LogP contribution in [-0.4, -0.2) is 25.8 Å². The molecule has 5 nitrogen and oxygen atoms in total. The summed E-state index contributed by atoms with van der Waals surface area (Å²) in [7, 11) is 1.83. The quantitative estimate of drug-likeness (QED) is 0.802. The van der Waals surface area contributed by atoms with Gasteiger partial charge in [0.25, 0.3) is 0 Å². The molecule has 1 heterocycles. The van der Waals surface area contributed by atoms with Crippen LogP contribution in [0, 0.1) is 0 Å². The fraction of sp³-hybridized carbons (Fsp3) is 0.375. The van der Waals surface area contributed by atoms with Crippen molar-refractivity contribution in [1.82, 2.24) is 14.9 Å². The molecular formula is C16H21N3O2S. The van der Waals surface area contributed by atoms with Gasteiger partial charge in [-0.15, -0.1) is 0 Å². The molecule has 0 aliphatic heterocycles. The molecule has 6 heteroatoms. The lowest BCUT2D eigenvalue weighted by atomic mass is 10.1. The van der Waals surface area contributed by atoms with Crippen molar-refractivity contribution in [3.8, 4) is 0 Å². The van der Waals surface area contributed by atoms with Gasteiger partial charge in [0.15, 0.2) is 5.16 Å². The highest BCUT2D eigenvalue weighted by atomic mass is 32.2. The minimum Gasteiger partial charge on any atom is -0.390 e. The van der Waals surface area contributed by atoms with Gasteiger partial charge >= 0.3 is 0 Å². The standard InChI is InChI=1S/C16H21N3O2S/c1-11(13-7-5-4-6-8-13)18-15(21)12(2)22-16-17-9-14(10-20)19(16)3/h4-9,11-12,20H,10H2,1-3H3,(H,18,21)/t11-,12-/m0/s1. The predicted octanol–water partition coefficient (Wildman–Crippen LogP) is 2.27. The molecule has 22 heavy (non-hydrogen) atoms. The van der Waals surface area contributed by atoms with E-state index in [9.17, 15) is 9.90 Å². The molecule has 1 amide bonds. The second-order valence-corrected chi connectivity index (χ2v) is 6.46. The van der Waals surface area contributed by atoms with Crippen molar-refractivity contribution in [1.29, 1.82) is 0 Å². The van der Waals surface area contributed by atoms with Gasteiger partial charge in [-0.05, 0) is 19.4 Å². The van der Waals surface area contributed by atoms with Crippen LogP contribution in [0.5, 0.6) is 0 Å². The van der Waals surface area contributed by atoms with Gasteiger partial charge in [0.05, 0.1) is 29.8 Å². The second kappa shape index (κ2) is 7.47. The van der Waals surface area contributed by atoms with E-state index in [0.717, 1.165) is 16.4 Å². The number of carbonyl (C=O) groups excluding carboxylic acids is 1. The summed E-state index contributed by atoms with van der Waals surface area (Å²) in [6.07, 6.45) is 1.62. The molecule has 0 saturated carbocycles. The zero-order valence-corrected chi connectivity index (χ0v) is 13.8. The fourth-order valence-corrected chi connectivity index (χ4v) is 2.93.